The van der Waals surface area contributed by atoms with Crippen LogP contribution in [-0.4, -0.2) is 25.1 Å². The van der Waals surface area contributed by atoms with Gasteiger partial charge in [-0.15, -0.1) is 0 Å². The molecule has 1 atom stereocenters. The standard InChI is InChI=1S/C15H12BClFNO2/c16-19-14(15(20)21)7-9-1-3-10(4-2-9)12-8-11(17)5-6-13(12)18/h1-6,8,14,19H,7H2,(H,20,21)/t14-/m1/s1. The highest BCUT2D eigenvalue weighted by Crippen LogP contribution is 2.26. The molecule has 0 fully saturated rings. The third-order valence-electron chi connectivity index (χ3n) is 3.13. The largest absolute Gasteiger partial charge is 0.480 e. The molecule has 2 N–H and O–H groups in total. The van der Waals surface area contributed by atoms with Crippen molar-refractivity contribution in [2.24, 2.45) is 0 Å². The first-order valence-electron chi connectivity index (χ1n) is 6.24. The zero-order valence-corrected chi connectivity index (χ0v) is 11.8. The molecule has 2 rings (SSSR count). The molecule has 0 saturated carbocycles. The van der Waals surface area contributed by atoms with Gasteiger partial charge in [0, 0.05) is 10.6 Å². The first-order chi connectivity index (χ1) is 10.0. The van der Waals surface area contributed by atoms with Gasteiger partial charge in [-0.2, -0.15) is 0 Å². The van der Waals surface area contributed by atoms with Crippen molar-refractivity contribution in [1.82, 2.24) is 5.23 Å². The number of hydrogen-bond acceptors (Lipinski definition) is 2. The van der Waals surface area contributed by atoms with E-state index in [0.717, 1.165) is 5.56 Å². The fourth-order valence-electron chi connectivity index (χ4n) is 1.99. The molecule has 2 aromatic carbocycles. The van der Waals surface area contributed by atoms with Crippen molar-refractivity contribution in [2.45, 2.75) is 12.5 Å². The van der Waals surface area contributed by atoms with Gasteiger partial charge in [-0.1, -0.05) is 35.9 Å². The predicted molar refractivity (Wildman–Crippen MR) is 80.9 cm³/mol. The van der Waals surface area contributed by atoms with Gasteiger partial charge in [0.15, 0.2) is 7.98 Å². The van der Waals surface area contributed by atoms with Crippen LogP contribution in [0.3, 0.4) is 0 Å². The Kier molecular flexibility index (Phi) is 4.99. The Morgan fingerprint density at radius 2 is 1.95 bits per heavy atom. The van der Waals surface area contributed by atoms with Gasteiger partial charge < -0.3 is 10.3 Å². The molecule has 6 heteroatoms. The molecule has 0 aliphatic carbocycles. The lowest BCUT2D eigenvalue weighted by Gasteiger charge is -2.12. The maximum absolute atomic E-state index is 13.8. The summed E-state index contributed by atoms with van der Waals surface area (Å²) in [6, 6.07) is 10.4. The third-order valence-corrected chi connectivity index (χ3v) is 3.37. The van der Waals surface area contributed by atoms with Crippen LogP contribution in [0.1, 0.15) is 5.56 Å². The minimum atomic E-state index is -1.03. The van der Waals surface area contributed by atoms with Crippen LogP contribution in [0.5, 0.6) is 0 Å². The molecule has 2 radical (unpaired) electrons. The first-order valence-corrected chi connectivity index (χ1v) is 6.62. The van der Waals surface area contributed by atoms with E-state index in [0.29, 0.717) is 16.1 Å². The van der Waals surface area contributed by atoms with E-state index in [9.17, 15) is 9.18 Å². The number of carboxylic acid groups (broad SMARTS) is 1. The molecule has 0 aliphatic heterocycles. The summed E-state index contributed by atoms with van der Waals surface area (Å²) < 4.78 is 13.8. The number of aliphatic carboxylic acids is 1. The van der Waals surface area contributed by atoms with Gasteiger partial charge in [0.2, 0.25) is 0 Å². The van der Waals surface area contributed by atoms with Gasteiger partial charge in [0.05, 0.1) is 6.04 Å². The summed E-state index contributed by atoms with van der Waals surface area (Å²) in [7, 11) is 5.18. The van der Waals surface area contributed by atoms with Crippen molar-refractivity contribution in [3.63, 3.8) is 0 Å². The van der Waals surface area contributed by atoms with E-state index < -0.39 is 12.0 Å². The number of nitrogens with one attached hydrogen (secondary N) is 1. The molecule has 106 valence electrons. The fourth-order valence-corrected chi connectivity index (χ4v) is 2.16. The summed E-state index contributed by atoms with van der Waals surface area (Å²) in [6.45, 7) is 0. The van der Waals surface area contributed by atoms with E-state index in [1.54, 1.807) is 30.3 Å². The quantitative estimate of drug-likeness (QED) is 0.835. The minimum Gasteiger partial charge on any atom is -0.480 e. The molecular weight excluding hydrogens is 291 g/mol. The summed E-state index contributed by atoms with van der Waals surface area (Å²) in [5.74, 6) is -1.39. The van der Waals surface area contributed by atoms with Crippen molar-refractivity contribution < 1.29 is 14.3 Å². The second-order valence-electron chi connectivity index (χ2n) is 4.58. The normalized spacial score (nSPS) is 12.1. The monoisotopic (exact) mass is 303 g/mol. The van der Waals surface area contributed by atoms with Crippen LogP contribution in [0.25, 0.3) is 11.1 Å². The Morgan fingerprint density at radius 1 is 1.29 bits per heavy atom. The number of halogens is 2. The Labute approximate surface area is 128 Å². The molecule has 0 spiro atoms. The Hall–Kier alpha value is -1.85. The van der Waals surface area contributed by atoms with E-state index in [4.69, 9.17) is 24.7 Å². The van der Waals surface area contributed by atoms with Crippen LogP contribution < -0.4 is 5.23 Å². The minimum absolute atomic E-state index is 0.240. The van der Waals surface area contributed by atoms with Crippen LogP contribution in [0.4, 0.5) is 4.39 Å². The van der Waals surface area contributed by atoms with Gasteiger partial charge in [-0.3, -0.25) is 4.79 Å². The van der Waals surface area contributed by atoms with Gasteiger partial charge in [0.25, 0.3) is 0 Å². The van der Waals surface area contributed by atoms with E-state index >= 15 is 0 Å². The molecule has 0 unspecified atom stereocenters. The lowest BCUT2D eigenvalue weighted by Crippen LogP contribution is -2.36. The maximum atomic E-state index is 13.8. The van der Waals surface area contributed by atoms with Crippen LogP contribution in [0, 0.1) is 5.82 Å². The molecule has 21 heavy (non-hydrogen) atoms. The summed E-state index contributed by atoms with van der Waals surface area (Å²) in [4.78, 5) is 10.9. The van der Waals surface area contributed by atoms with Crippen molar-refractivity contribution in [2.75, 3.05) is 0 Å². The molecule has 0 heterocycles. The molecule has 0 aliphatic rings. The molecule has 0 saturated heterocycles. The highest BCUT2D eigenvalue weighted by Gasteiger charge is 2.15. The summed E-state index contributed by atoms with van der Waals surface area (Å²) in [5.41, 5.74) is 1.86. The van der Waals surface area contributed by atoms with Crippen molar-refractivity contribution in [3.8, 4) is 11.1 Å². The van der Waals surface area contributed by atoms with Crippen molar-refractivity contribution in [3.05, 3.63) is 58.9 Å². The van der Waals surface area contributed by atoms with Crippen molar-refractivity contribution in [1.29, 1.82) is 0 Å². The Bertz CT molecular complexity index is 649. The maximum Gasteiger partial charge on any atom is 0.319 e. The van der Waals surface area contributed by atoms with Crippen LogP contribution >= 0.6 is 11.6 Å². The highest BCUT2D eigenvalue weighted by atomic mass is 35.5. The molecule has 0 bridgehead atoms. The van der Waals surface area contributed by atoms with Gasteiger partial charge in [0.1, 0.15) is 5.82 Å². The molecule has 0 aromatic heterocycles. The molecule has 2 aromatic rings. The summed E-state index contributed by atoms with van der Waals surface area (Å²) >= 11 is 5.87. The highest BCUT2D eigenvalue weighted by molar-refractivity contribution is 6.30. The van der Waals surface area contributed by atoms with E-state index in [1.807, 2.05) is 0 Å². The fraction of sp³-hybridized carbons (Fsp3) is 0.133. The number of carboxylic acids is 1. The molecule has 3 nitrogen and oxygen atoms in total. The van der Waals surface area contributed by atoms with Crippen LogP contribution in [-0.2, 0) is 11.2 Å². The topological polar surface area (TPSA) is 49.3 Å². The van der Waals surface area contributed by atoms with Crippen LogP contribution in [0.15, 0.2) is 42.5 Å². The smallest absolute Gasteiger partial charge is 0.319 e. The lowest BCUT2D eigenvalue weighted by atomic mass is 10.00. The second-order valence-corrected chi connectivity index (χ2v) is 5.02. The SMILES string of the molecule is [B]N[C@H](Cc1ccc(-c2cc(Cl)ccc2F)cc1)C(=O)O. The number of carbonyl (C=O) groups is 1. The average Bonchev–Trinajstić information content (AvgIpc) is 2.47. The number of hydrogen-bond donors (Lipinski definition) is 2. The first kappa shape index (κ1) is 15.5. The van der Waals surface area contributed by atoms with Gasteiger partial charge in [-0.05, 0) is 35.7 Å². The number of rotatable bonds is 5. The Balaban J connectivity index is 2.22. The van der Waals surface area contributed by atoms with Gasteiger partial charge >= 0.3 is 5.97 Å². The average molecular weight is 304 g/mol. The van der Waals surface area contributed by atoms with E-state index in [1.165, 1.54) is 12.1 Å². The molecular formula is C15H12BClFNO2. The second kappa shape index (κ2) is 6.74. The zero-order valence-electron chi connectivity index (χ0n) is 11.0. The third kappa shape index (κ3) is 3.83. The Morgan fingerprint density at radius 3 is 2.52 bits per heavy atom. The predicted octanol–water partition coefficient (Wildman–Crippen LogP) is 2.81. The summed E-state index contributed by atoms with van der Waals surface area (Å²) in [6.07, 6.45) is 0.240. The number of benzene rings is 2. The van der Waals surface area contributed by atoms with Gasteiger partial charge in [-0.25, -0.2) is 4.39 Å². The van der Waals surface area contributed by atoms with E-state index in [-0.39, 0.29) is 12.2 Å². The molecule has 0 amide bonds. The lowest BCUT2D eigenvalue weighted by molar-refractivity contribution is -0.138. The van der Waals surface area contributed by atoms with Crippen LogP contribution in [0.2, 0.25) is 5.02 Å². The summed E-state index contributed by atoms with van der Waals surface area (Å²) in [5, 5.41) is 11.6. The van der Waals surface area contributed by atoms with Crippen molar-refractivity contribution >= 4 is 25.6 Å². The zero-order chi connectivity index (χ0) is 15.4. The van der Waals surface area contributed by atoms with E-state index in [2.05, 4.69) is 5.23 Å².